The normalized spacial score (nSPS) is 10.7. The zero-order valence-corrected chi connectivity index (χ0v) is 16.9. The van der Waals surface area contributed by atoms with Crippen molar-refractivity contribution in [2.75, 3.05) is 6.54 Å². The highest BCUT2D eigenvalue weighted by Gasteiger charge is 2.20. The summed E-state index contributed by atoms with van der Waals surface area (Å²) in [6, 6.07) is 14.0. The third kappa shape index (κ3) is 4.46. The first-order valence-corrected chi connectivity index (χ1v) is 9.63. The number of rotatable bonds is 6. The van der Waals surface area contributed by atoms with Gasteiger partial charge >= 0.3 is 5.69 Å². The molecule has 0 saturated carbocycles. The summed E-state index contributed by atoms with van der Waals surface area (Å²) in [6.45, 7) is 4.11. The molecule has 2 aromatic carbocycles. The van der Waals surface area contributed by atoms with Crippen LogP contribution >= 0.6 is 11.6 Å². The quantitative estimate of drug-likeness (QED) is 0.674. The molecule has 0 bridgehead atoms. The summed E-state index contributed by atoms with van der Waals surface area (Å²) in [5, 5.41) is 7.16. The van der Waals surface area contributed by atoms with Crippen LogP contribution in [-0.2, 0) is 6.54 Å². The van der Waals surface area contributed by atoms with Crippen LogP contribution in [-0.4, -0.2) is 26.8 Å². The molecule has 0 aliphatic heterocycles. The van der Waals surface area contributed by atoms with Crippen molar-refractivity contribution >= 4 is 17.5 Å². The molecule has 0 saturated heterocycles. The Morgan fingerprint density at radius 1 is 1.14 bits per heavy atom. The van der Waals surface area contributed by atoms with E-state index < -0.39 is 17.2 Å². The van der Waals surface area contributed by atoms with E-state index in [9.17, 15) is 14.4 Å². The van der Waals surface area contributed by atoms with Crippen LogP contribution in [0.1, 0.15) is 35.0 Å². The molecule has 1 aromatic heterocycles. The highest BCUT2D eigenvalue weighted by Crippen LogP contribution is 2.15. The Bertz CT molecular complexity index is 1170. The minimum atomic E-state index is -0.757. The van der Waals surface area contributed by atoms with Crippen LogP contribution in [0.5, 0.6) is 0 Å². The van der Waals surface area contributed by atoms with Gasteiger partial charge in [-0.15, -0.1) is 0 Å². The maximum atomic E-state index is 13.1. The Morgan fingerprint density at radius 2 is 1.90 bits per heavy atom. The molecule has 0 fully saturated rings. The van der Waals surface area contributed by atoms with Crippen LogP contribution < -0.4 is 16.6 Å². The lowest BCUT2D eigenvalue weighted by Crippen LogP contribution is -2.46. The number of aromatic nitrogens is 3. The number of hydrogen-bond acceptors (Lipinski definition) is 4. The van der Waals surface area contributed by atoms with E-state index in [-0.39, 0.29) is 12.2 Å². The molecule has 0 radical (unpaired) electrons. The predicted molar refractivity (Wildman–Crippen MR) is 112 cm³/mol. The fourth-order valence-corrected chi connectivity index (χ4v) is 3.04. The van der Waals surface area contributed by atoms with Gasteiger partial charge < -0.3 is 5.32 Å². The van der Waals surface area contributed by atoms with E-state index in [2.05, 4.69) is 10.4 Å². The summed E-state index contributed by atoms with van der Waals surface area (Å²) >= 11 is 6.21. The fraction of sp³-hybridized carbons (Fsp3) is 0.238. The van der Waals surface area contributed by atoms with Gasteiger partial charge in [0.2, 0.25) is 5.69 Å². The number of carbonyl (C=O) groups excluding carboxylic acids is 1. The van der Waals surface area contributed by atoms with E-state index in [1.165, 1.54) is 0 Å². The first-order chi connectivity index (χ1) is 13.9. The number of benzene rings is 2. The maximum absolute atomic E-state index is 13.1. The molecule has 0 unspecified atom stereocenters. The molecule has 8 heteroatoms. The van der Waals surface area contributed by atoms with Crippen molar-refractivity contribution in [1.29, 1.82) is 0 Å². The number of nitrogens with one attached hydrogen (secondary N) is 1. The monoisotopic (exact) mass is 412 g/mol. The van der Waals surface area contributed by atoms with E-state index in [0.717, 1.165) is 14.8 Å². The van der Waals surface area contributed by atoms with E-state index in [1.54, 1.807) is 42.5 Å². The van der Waals surface area contributed by atoms with Crippen LogP contribution in [0.15, 0.2) is 58.1 Å². The van der Waals surface area contributed by atoms with E-state index in [4.69, 9.17) is 11.6 Å². The summed E-state index contributed by atoms with van der Waals surface area (Å²) in [5.74, 6) is -0.619. The van der Waals surface area contributed by atoms with Gasteiger partial charge in [-0.25, -0.2) is 4.79 Å². The average molecular weight is 413 g/mol. The third-order valence-corrected chi connectivity index (χ3v) is 4.71. The van der Waals surface area contributed by atoms with Gasteiger partial charge in [0.15, 0.2) is 0 Å². The number of hydrogen-bond donors (Lipinski definition) is 1. The number of amides is 1. The second-order valence-corrected chi connectivity index (χ2v) is 7.03. The minimum Gasteiger partial charge on any atom is -0.350 e. The molecule has 1 heterocycles. The Kier molecular flexibility index (Phi) is 6.29. The van der Waals surface area contributed by atoms with Gasteiger partial charge in [0.1, 0.15) is 0 Å². The van der Waals surface area contributed by atoms with Crippen LogP contribution in [0.25, 0.3) is 5.69 Å². The molecule has 1 N–H and O–H groups in total. The smallest absolute Gasteiger partial charge is 0.350 e. The highest BCUT2D eigenvalue weighted by molar-refractivity contribution is 6.31. The molecular formula is C21H21ClN4O3. The lowest BCUT2D eigenvalue weighted by atomic mass is 10.2. The number of carbonyl (C=O) groups is 1. The number of halogens is 1. The first-order valence-electron chi connectivity index (χ1n) is 9.25. The van der Waals surface area contributed by atoms with E-state index in [0.29, 0.717) is 29.2 Å². The molecule has 29 heavy (non-hydrogen) atoms. The minimum absolute atomic E-state index is 0.0697. The molecule has 3 aromatic rings. The number of aryl methyl sites for hydroxylation is 1. The predicted octanol–water partition coefficient (Wildman–Crippen LogP) is 2.54. The van der Waals surface area contributed by atoms with Gasteiger partial charge in [0, 0.05) is 11.6 Å². The van der Waals surface area contributed by atoms with Crippen LogP contribution in [0, 0.1) is 6.92 Å². The van der Waals surface area contributed by atoms with Crippen LogP contribution in [0.2, 0.25) is 5.02 Å². The summed E-state index contributed by atoms with van der Waals surface area (Å²) < 4.78 is 2.06. The molecule has 3 rings (SSSR count). The topological polar surface area (TPSA) is 86.0 Å². The lowest BCUT2D eigenvalue weighted by Gasteiger charge is -2.13. The molecule has 150 valence electrons. The van der Waals surface area contributed by atoms with Gasteiger partial charge in [-0.2, -0.15) is 9.78 Å². The SMILES string of the molecule is CCCNC(=O)c1nn(-c2cccc(C)c2)c(=O)n(Cc2ccccc2Cl)c1=O. The standard InChI is InChI=1S/C21H21ClN4O3/c1-3-11-23-19(27)18-20(28)25(13-15-8-4-5-10-17(15)22)21(29)26(24-18)16-9-6-7-14(2)12-16/h4-10,12H,3,11,13H2,1-2H3,(H,23,27). The molecule has 0 aliphatic rings. The maximum Gasteiger partial charge on any atom is 0.352 e. The van der Waals surface area contributed by atoms with Gasteiger partial charge in [-0.3, -0.25) is 14.2 Å². The molecule has 1 amide bonds. The Balaban J connectivity index is 2.21. The van der Waals surface area contributed by atoms with Gasteiger partial charge in [-0.05, 0) is 42.7 Å². The van der Waals surface area contributed by atoms with Crippen molar-refractivity contribution in [2.24, 2.45) is 0 Å². The van der Waals surface area contributed by atoms with Crippen molar-refractivity contribution in [2.45, 2.75) is 26.8 Å². The van der Waals surface area contributed by atoms with E-state index >= 15 is 0 Å². The molecule has 7 nitrogen and oxygen atoms in total. The first kappa shape index (κ1) is 20.5. The average Bonchev–Trinajstić information content (AvgIpc) is 2.70. The zero-order valence-electron chi connectivity index (χ0n) is 16.2. The van der Waals surface area contributed by atoms with Crippen molar-refractivity contribution in [3.63, 3.8) is 0 Å². The second-order valence-electron chi connectivity index (χ2n) is 6.62. The molecule has 0 spiro atoms. The Labute approximate surface area is 172 Å². The van der Waals surface area contributed by atoms with Gasteiger partial charge in [0.05, 0.1) is 12.2 Å². The van der Waals surface area contributed by atoms with Gasteiger partial charge in [0.25, 0.3) is 11.5 Å². The summed E-state index contributed by atoms with van der Waals surface area (Å²) in [7, 11) is 0. The fourth-order valence-electron chi connectivity index (χ4n) is 2.84. The largest absolute Gasteiger partial charge is 0.352 e. The van der Waals surface area contributed by atoms with Crippen molar-refractivity contribution in [1.82, 2.24) is 19.7 Å². The van der Waals surface area contributed by atoms with Crippen LogP contribution in [0.3, 0.4) is 0 Å². The third-order valence-electron chi connectivity index (χ3n) is 4.34. The van der Waals surface area contributed by atoms with Crippen molar-refractivity contribution in [3.8, 4) is 5.69 Å². The van der Waals surface area contributed by atoms with Crippen LogP contribution in [0.4, 0.5) is 0 Å². The zero-order chi connectivity index (χ0) is 21.0. The Hall–Kier alpha value is -3.19. The molecule has 0 aliphatic carbocycles. The second kappa shape index (κ2) is 8.87. The Morgan fingerprint density at radius 3 is 2.59 bits per heavy atom. The summed E-state index contributed by atoms with van der Waals surface area (Å²) in [6.07, 6.45) is 0.705. The highest BCUT2D eigenvalue weighted by atomic mass is 35.5. The van der Waals surface area contributed by atoms with Gasteiger partial charge in [-0.1, -0.05) is 48.9 Å². The van der Waals surface area contributed by atoms with Crippen molar-refractivity contribution < 1.29 is 4.79 Å². The molecular weight excluding hydrogens is 392 g/mol. The van der Waals surface area contributed by atoms with E-state index in [1.807, 2.05) is 19.9 Å². The molecule has 0 atom stereocenters. The summed E-state index contributed by atoms with van der Waals surface area (Å²) in [4.78, 5) is 38.6. The lowest BCUT2D eigenvalue weighted by molar-refractivity contribution is 0.0944. The summed E-state index contributed by atoms with van der Waals surface area (Å²) in [5.41, 5.74) is 0.228. The van der Waals surface area contributed by atoms with Crippen molar-refractivity contribution in [3.05, 3.63) is 91.2 Å². The number of nitrogens with zero attached hydrogens (tertiary/aromatic N) is 3.